The highest BCUT2D eigenvalue weighted by molar-refractivity contribution is 5.53. The summed E-state index contributed by atoms with van der Waals surface area (Å²) >= 11 is 0. The van der Waals surface area contributed by atoms with Gasteiger partial charge >= 0.3 is 0 Å². The van der Waals surface area contributed by atoms with Crippen LogP contribution >= 0.6 is 0 Å². The molecule has 3 nitrogen and oxygen atoms in total. The second-order valence-corrected chi connectivity index (χ2v) is 3.22. The third kappa shape index (κ3) is 2.49. The normalized spacial score (nSPS) is 10.0. The van der Waals surface area contributed by atoms with Crippen molar-refractivity contribution in [3.05, 3.63) is 48.0 Å². The summed E-state index contributed by atoms with van der Waals surface area (Å²) in [6.45, 7) is 2.01. The highest BCUT2D eigenvalue weighted by Crippen LogP contribution is 2.12. The number of halogens is 1. The van der Waals surface area contributed by atoms with Gasteiger partial charge in [0.2, 0.25) is 5.95 Å². The smallest absolute Gasteiger partial charge is 0.227 e. The summed E-state index contributed by atoms with van der Waals surface area (Å²) in [6.07, 6.45) is 2.26. The fourth-order valence-electron chi connectivity index (χ4n) is 1.14. The van der Waals surface area contributed by atoms with Crippen molar-refractivity contribution < 1.29 is 4.39 Å². The lowest BCUT2D eigenvalue weighted by atomic mass is 10.2. The van der Waals surface area contributed by atoms with Gasteiger partial charge in [-0.25, -0.2) is 14.4 Å². The number of nitrogens with zero attached hydrogens (tertiary/aromatic N) is 2. The summed E-state index contributed by atoms with van der Waals surface area (Å²) < 4.78 is 12.5. The van der Waals surface area contributed by atoms with Crippen LogP contribution in [0.2, 0.25) is 0 Å². The molecule has 0 aliphatic heterocycles. The fraction of sp³-hybridized carbons (Fsp3) is 0.0909. The summed E-state index contributed by atoms with van der Waals surface area (Å²) in [5.41, 5.74) is 2.06. The van der Waals surface area contributed by atoms with Crippen molar-refractivity contribution in [1.29, 1.82) is 0 Å². The molecule has 1 heterocycles. The van der Waals surface area contributed by atoms with Gasteiger partial charge in [-0.1, -0.05) is 17.7 Å². The molecule has 0 spiro atoms. The minimum Gasteiger partial charge on any atom is -0.324 e. The van der Waals surface area contributed by atoms with Gasteiger partial charge in [-0.3, -0.25) is 0 Å². The zero-order valence-electron chi connectivity index (χ0n) is 8.24. The van der Waals surface area contributed by atoms with Crippen molar-refractivity contribution in [2.45, 2.75) is 6.92 Å². The van der Waals surface area contributed by atoms with Gasteiger partial charge in [0, 0.05) is 5.69 Å². The van der Waals surface area contributed by atoms with Gasteiger partial charge < -0.3 is 5.32 Å². The molecule has 0 amide bonds. The van der Waals surface area contributed by atoms with E-state index < -0.39 is 5.82 Å². The van der Waals surface area contributed by atoms with Gasteiger partial charge in [-0.2, -0.15) is 0 Å². The van der Waals surface area contributed by atoms with E-state index in [2.05, 4.69) is 15.3 Å². The molecule has 0 aliphatic rings. The second-order valence-electron chi connectivity index (χ2n) is 3.22. The summed E-state index contributed by atoms with van der Waals surface area (Å²) in [6, 6.07) is 7.79. The van der Waals surface area contributed by atoms with E-state index in [0.29, 0.717) is 5.95 Å². The maximum Gasteiger partial charge on any atom is 0.227 e. The first kappa shape index (κ1) is 9.58. The number of rotatable bonds is 2. The Kier molecular flexibility index (Phi) is 2.58. The maximum absolute atomic E-state index is 12.5. The predicted octanol–water partition coefficient (Wildman–Crippen LogP) is 2.67. The van der Waals surface area contributed by atoms with E-state index >= 15 is 0 Å². The Morgan fingerprint density at radius 1 is 1.07 bits per heavy atom. The van der Waals surface area contributed by atoms with E-state index in [1.165, 1.54) is 5.56 Å². The van der Waals surface area contributed by atoms with E-state index in [-0.39, 0.29) is 0 Å². The molecule has 0 unspecified atom stereocenters. The lowest BCUT2D eigenvalue weighted by molar-refractivity contribution is 0.614. The molecule has 2 aromatic rings. The fourth-order valence-corrected chi connectivity index (χ4v) is 1.14. The summed E-state index contributed by atoms with van der Waals surface area (Å²) in [4.78, 5) is 7.60. The third-order valence-corrected chi connectivity index (χ3v) is 1.93. The number of aryl methyl sites for hydroxylation is 1. The zero-order chi connectivity index (χ0) is 10.7. The topological polar surface area (TPSA) is 37.8 Å². The molecular weight excluding hydrogens is 193 g/mol. The first-order valence-electron chi connectivity index (χ1n) is 4.55. The van der Waals surface area contributed by atoms with Gasteiger partial charge in [0.05, 0.1) is 12.4 Å². The molecule has 0 radical (unpaired) electrons. The Morgan fingerprint density at radius 3 is 2.27 bits per heavy atom. The van der Waals surface area contributed by atoms with Crippen LogP contribution in [-0.4, -0.2) is 9.97 Å². The molecule has 0 fully saturated rings. The average molecular weight is 203 g/mol. The monoisotopic (exact) mass is 203 g/mol. The van der Waals surface area contributed by atoms with Crippen molar-refractivity contribution >= 4 is 11.6 Å². The summed E-state index contributed by atoms with van der Waals surface area (Å²) in [5, 5.41) is 2.97. The molecule has 1 aromatic heterocycles. The van der Waals surface area contributed by atoms with Crippen molar-refractivity contribution in [3.8, 4) is 0 Å². The van der Waals surface area contributed by atoms with Gasteiger partial charge in [0.1, 0.15) is 0 Å². The predicted molar refractivity (Wildman–Crippen MR) is 56.5 cm³/mol. The lowest BCUT2D eigenvalue weighted by Crippen LogP contribution is -1.96. The number of aromatic nitrogens is 2. The van der Waals surface area contributed by atoms with Crippen molar-refractivity contribution in [3.63, 3.8) is 0 Å². The molecule has 76 valence electrons. The number of benzene rings is 1. The van der Waals surface area contributed by atoms with Crippen LogP contribution in [0.15, 0.2) is 36.7 Å². The van der Waals surface area contributed by atoms with E-state index in [4.69, 9.17) is 0 Å². The molecule has 4 heteroatoms. The first-order valence-corrected chi connectivity index (χ1v) is 4.55. The minimum absolute atomic E-state index is 0.389. The van der Waals surface area contributed by atoms with Gasteiger partial charge in [-0.05, 0) is 19.1 Å². The van der Waals surface area contributed by atoms with Crippen molar-refractivity contribution in [2.75, 3.05) is 5.32 Å². The summed E-state index contributed by atoms with van der Waals surface area (Å²) in [5.74, 6) is -0.0512. The molecule has 0 saturated carbocycles. The van der Waals surface area contributed by atoms with Crippen LogP contribution in [0.5, 0.6) is 0 Å². The van der Waals surface area contributed by atoms with Crippen LogP contribution < -0.4 is 5.32 Å². The highest BCUT2D eigenvalue weighted by Gasteiger charge is 1.97. The van der Waals surface area contributed by atoms with E-state index in [9.17, 15) is 4.39 Å². The summed E-state index contributed by atoms with van der Waals surface area (Å²) in [7, 11) is 0. The highest BCUT2D eigenvalue weighted by atomic mass is 19.1. The molecule has 0 atom stereocenters. The van der Waals surface area contributed by atoms with Crippen LogP contribution in [0.1, 0.15) is 5.56 Å². The Balaban J connectivity index is 2.15. The Labute approximate surface area is 87.0 Å². The molecule has 2 rings (SSSR count). The Bertz CT molecular complexity index is 393. The van der Waals surface area contributed by atoms with Crippen molar-refractivity contribution in [1.82, 2.24) is 9.97 Å². The molecule has 0 saturated heterocycles. The third-order valence-electron chi connectivity index (χ3n) is 1.93. The van der Waals surface area contributed by atoms with Crippen LogP contribution in [0.3, 0.4) is 0 Å². The molecule has 0 aliphatic carbocycles. The quantitative estimate of drug-likeness (QED) is 0.815. The van der Waals surface area contributed by atoms with E-state index in [1.807, 2.05) is 31.2 Å². The van der Waals surface area contributed by atoms with Gasteiger partial charge in [0.15, 0.2) is 5.82 Å². The number of hydrogen-bond acceptors (Lipinski definition) is 3. The van der Waals surface area contributed by atoms with E-state index in [1.54, 1.807) is 0 Å². The number of anilines is 2. The lowest BCUT2D eigenvalue weighted by Gasteiger charge is -2.03. The maximum atomic E-state index is 12.5. The van der Waals surface area contributed by atoms with Crippen LogP contribution in [-0.2, 0) is 0 Å². The van der Waals surface area contributed by atoms with Gasteiger partial charge in [0.25, 0.3) is 0 Å². The van der Waals surface area contributed by atoms with Crippen LogP contribution in [0.4, 0.5) is 16.0 Å². The molecule has 15 heavy (non-hydrogen) atoms. The number of hydrogen-bond donors (Lipinski definition) is 1. The molecule has 1 aromatic carbocycles. The number of nitrogens with one attached hydrogen (secondary N) is 1. The Hall–Kier alpha value is -1.97. The van der Waals surface area contributed by atoms with E-state index in [0.717, 1.165) is 18.1 Å². The van der Waals surface area contributed by atoms with Crippen molar-refractivity contribution in [2.24, 2.45) is 0 Å². The second kappa shape index (κ2) is 4.04. The SMILES string of the molecule is Cc1ccc(Nc2ncc(F)cn2)cc1. The Morgan fingerprint density at radius 2 is 1.67 bits per heavy atom. The van der Waals surface area contributed by atoms with Crippen LogP contribution in [0.25, 0.3) is 0 Å². The van der Waals surface area contributed by atoms with Gasteiger partial charge in [-0.15, -0.1) is 0 Å². The first-order chi connectivity index (χ1) is 7.24. The van der Waals surface area contributed by atoms with Crippen LogP contribution in [0, 0.1) is 12.7 Å². The molecule has 1 N–H and O–H groups in total. The average Bonchev–Trinajstić information content (AvgIpc) is 2.25. The largest absolute Gasteiger partial charge is 0.324 e. The minimum atomic E-state index is -0.440. The molecule has 0 bridgehead atoms. The zero-order valence-corrected chi connectivity index (χ0v) is 8.24. The molecular formula is C11H10FN3. The standard InChI is InChI=1S/C11H10FN3/c1-8-2-4-10(5-3-8)15-11-13-6-9(12)7-14-11/h2-7H,1H3,(H,13,14,15).